The summed E-state index contributed by atoms with van der Waals surface area (Å²) in [6.07, 6.45) is 0.347. The van der Waals surface area contributed by atoms with Gasteiger partial charge in [0.05, 0.1) is 29.5 Å². The molecule has 2 aliphatic rings. The van der Waals surface area contributed by atoms with E-state index < -0.39 is 22.9 Å². The molecule has 0 aromatic heterocycles. The number of carboxylic acids is 1. The number of ether oxygens (including phenoxy) is 1. The maximum atomic E-state index is 14.4. The molecule has 7 nitrogen and oxygen atoms in total. The van der Waals surface area contributed by atoms with Crippen molar-refractivity contribution < 1.29 is 23.8 Å². The van der Waals surface area contributed by atoms with Crippen LogP contribution in [0.1, 0.15) is 27.9 Å². The van der Waals surface area contributed by atoms with Gasteiger partial charge in [-0.25, -0.2) is 9.18 Å². The zero-order chi connectivity index (χ0) is 21.6. The van der Waals surface area contributed by atoms with Gasteiger partial charge in [0.15, 0.2) is 10.7 Å². The van der Waals surface area contributed by atoms with Crippen molar-refractivity contribution in [3.05, 3.63) is 58.9 Å². The summed E-state index contributed by atoms with van der Waals surface area (Å²) in [6, 6.07) is 10.7. The average Bonchev–Trinajstić information content (AvgIpc) is 3.26. The summed E-state index contributed by atoms with van der Waals surface area (Å²) in [5.41, 5.74) is 0.338. The molecule has 0 radical (unpaired) electrons. The normalized spacial score (nSPS) is 20.8. The topological polar surface area (TPSA) is 93.9 Å². The second-order valence-corrected chi connectivity index (χ2v) is 7.54. The molecular weight excluding hydrogens is 409 g/mol. The molecule has 2 saturated heterocycles. The van der Waals surface area contributed by atoms with Crippen LogP contribution in [0.15, 0.2) is 36.4 Å². The number of anilines is 2. The number of rotatable bonds is 3. The van der Waals surface area contributed by atoms with Gasteiger partial charge in [0, 0.05) is 18.7 Å². The Bertz CT molecular complexity index is 1140. The number of aryl methyl sites for hydroxylation is 1. The summed E-state index contributed by atoms with van der Waals surface area (Å²) in [4.78, 5) is 27.6. The number of nitriles is 1. The minimum absolute atomic E-state index is 0.0695. The smallest absolute Gasteiger partial charge is 0.338 e. The summed E-state index contributed by atoms with van der Waals surface area (Å²) in [7, 11) is 0. The first-order valence-electron chi connectivity index (χ1n) is 9.10. The van der Waals surface area contributed by atoms with Gasteiger partial charge in [-0.1, -0.05) is 0 Å². The Labute approximate surface area is 176 Å². The van der Waals surface area contributed by atoms with Crippen LogP contribution < -0.4 is 9.80 Å². The van der Waals surface area contributed by atoms with Crippen LogP contribution in [-0.2, 0) is 9.53 Å². The number of nitrogens with zero attached hydrogens (tertiary/aromatic N) is 3. The molecule has 1 atom stereocenters. The molecule has 0 aliphatic carbocycles. The van der Waals surface area contributed by atoms with Crippen LogP contribution in [0.3, 0.4) is 0 Å². The summed E-state index contributed by atoms with van der Waals surface area (Å²) in [6.45, 7) is 2.17. The van der Waals surface area contributed by atoms with Crippen LogP contribution in [0.25, 0.3) is 0 Å². The fourth-order valence-electron chi connectivity index (χ4n) is 3.89. The summed E-state index contributed by atoms with van der Waals surface area (Å²) < 4.78 is 19.9. The van der Waals surface area contributed by atoms with E-state index in [0.29, 0.717) is 29.8 Å². The van der Waals surface area contributed by atoms with Gasteiger partial charge < -0.3 is 14.7 Å². The van der Waals surface area contributed by atoms with Crippen molar-refractivity contribution in [1.82, 2.24) is 0 Å². The molecule has 1 amide bonds. The van der Waals surface area contributed by atoms with E-state index in [1.807, 2.05) is 0 Å². The summed E-state index contributed by atoms with van der Waals surface area (Å²) in [5, 5.41) is 18.4. The number of thiocarbonyl (C=S) groups is 1. The number of halogens is 1. The van der Waals surface area contributed by atoms with E-state index in [-0.39, 0.29) is 23.3 Å². The fourth-order valence-corrected chi connectivity index (χ4v) is 4.36. The maximum absolute atomic E-state index is 14.4. The lowest BCUT2D eigenvalue weighted by Gasteiger charge is -2.31. The molecule has 1 spiro atoms. The first-order valence-corrected chi connectivity index (χ1v) is 9.51. The van der Waals surface area contributed by atoms with Crippen LogP contribution >= 0.6 is 12.2 Å². The highest BCUT2D eigenvalue weighted by atomic mass is 32.1. The van der Waals surface area contributed by atoms with Gasteiger partial charge in [-0.15, -0.1) is 0 Å². The highest BCUT2D eigenvalue weighted by Crippen LogP contribution is 2.41. The predicted molar refractivity (Wildman–Crippen MR) is 110 cm³/mol. The molecule has 2 aliphatic heterocycles. The second kappa shape index (κ2) is 7.16. The van der Waals surface area contributed by atoms with Gasteiger partial charge in [0.1, 0.15) is 5.82 Å². The monoisotopic (exact) mass is 425 g/mol. The van der Waals surface area contributed by atoms with Crippen molar-refractivity contribution in [1.29, 1.82) is 5.26 Å². The lowest BCUT2D eigenvalue weighted by molar-refractivity contribution is -0.121. The van der Waals surface area contributed by atoms with Gasteiger partial charge >= 0.3 is 5.97 Å². The number of aromatic carboxylic acids is 1. The van der Waals surface area contributed by atoms with Gasteiger partial charge in [0.2, 0.25) is 0 Å². The molecule has 2 aromatic carbocycles. The average molecular weight is 425 g/mol. The lowest BCUT2D eigenvalue weighted by Crippen LogP contribution is -2.50. The molecule has 0 bridgehead atoms. The maximum Gasteiger partial charge on any atom is 0.338 e. The predicted octanol–water partition coefficient (Wildman–Crippen LogP) is 3.00. The number of hydrogen-bond acceptors (Lipinski definition) is 5. The zero-order valence-corrected chi connectivity index (χ0v) is 16.7. The van der Waals surface area contributed by atoms with Crippen LogP contribution in [-0.4, -0.2) is 40.8 Å². The molecule has 2 heterocycles. The van der Waals surface area contributed by atoms with Gasteiger partial charge in [-0.2, -0.15) is 5.26 Å². The molecule has 0 saturated carbocycles. The Hall–Kier alpha value is -3.35. The van der Waals surface area contributed by atoms with Gasteiger partial charge in [0.25, 0.3) is 5.91 Å². The van der Waals surface area contributed by atoms with E-state index in [4.69, 9.17) is 27.3 Å². The molecule has 2 fully saturated rings. The van der Waals surface area contributed by atoms with Crippen molar-refractivity contribution in [2.24, 2.45) is 0 Å². The van der Waals surface area contributed by atoms with E-state index in [0.717, 1.165) is 12.1 Å². The van der Waals surface area contributed by atoms with E-state index in [1.54, 1.807) is 30.0 Å². The second-order valence-electron chi connectivity index (χ2n) is 7.17. The SMILES string of the molecule is Cc1cc(N2C(=O)C3(CCOC3)N(c3ccc(C(=O)O)c(F)c3)C2=S)ccc1C#N. The number of carbonyl (C=O) groups is 2. The highest BCUT2D eigenvalue weighted by molar-refractivity contribution is 7.81. The fraction of sp³-hybridized carbons (Fsp3) is 0.238. The van der Waals surface area contributed by atoms with Crippen molar-refractivity contribution in [2.45, 2.75) is 18.9 Å². The third-order valence-electron chi connectivity index (χ3n) is 5.44. The van der Waals surface area contributed by atoms with E-state index in [2.05, 4.69) is 6.07 Å². The Morgan fingerprint density at radius 2 is 2.03 bits per heavy atom. The largest absolute Gasteiger partial charge is 0.478 e. The van der Waals surface area contributed by atoms with Crippen molar-refractivity contribution in [2.75, 3.05) is 23.0 Å². The molecule has 30 heavy (non-hydrogen) atoms. The van der Waals surface area contributed by atoms with E-state index in [9.17, 15) is 14.0 Å². The van der Waals surface area contributed by atoms with Crippen molar-refractivity contribution in [3.63, 3.8) is 0 Å². The number of carbonyl (C=O) groups excluding carboxylic acids is 1. The van der Waals surface area contributed by atoms with Crippen molar-refractivity contribution in [3.8, 4) is 6.07 Å². The lowest BCUT2D eigenvalue weighted by atomic mass is 9.95. The number of amides is 1. The Morgan fingerprint density at radius 3 is 2.60 bits per heavy atom. The quantitative estimate of drug-likeness (QED) is 0.756. The molecule has 152 valence electrons. The molecule has 4 rings (SSSR count). The van der Waals surface area contributed by atoms with Crippen LogP contribution in [0.5, 0.6) is 0 Å². The number of carboxylic acid groups (broad SMARTS) is 1. The van der Waals surface area contributed by atoms with E-state index >= 15 is 0 Å². The third-order valence-corrected chi connectivity index (χ3v) is 5.81. The molecular formula is C21H16FN3O4S. The minimum Gasteiger partial charge on any atom is -0.478 e. The molecule has 9 heteroatoms. The van der Waals surface area contributed by atoms with Gasteiger partial charge in [-0.3, -0.25) is 9.69 Å². The van der Waals surface area contributed by atoms with Crippen LogP contribution in [0.2, 0.25) is 0 Å². The van der Waals surface area contributed by atoms with E-state index in [1.165, 1.54) is 11.0 Å². The van der Waals surface area contributed by atoms with Crippen LogP contribution in [0, 0.1) is 24.1 Å². The number of hydrogen-bond donors (Lipinski definition) is 1. The minimum atomic E-state index is -1.38. The number of benzene rings is 2. The Kier molecular flexibility index (Phi) is 4.76. The Balaban J connectivity index is 1.83. The van der Waals surface area contributed by atoms with Crippen molar-refractivity contribution >= 4 is 40.6 Å². The summed E-state index contributed by atoms with van der Waals surface area (Å²) in [5.74, 6) is -2.61. The Morgan fingerprint density at radius 1 is 1.30 bits per heavy atom. The van der Waals surface area contributed by atoms with Gasteiger partial charge in [-0.05, 0) is 61.1 Å². The highest BCUT2D eigenvalue weighted by Gasteiger charge is 2.58. The summed E-state index contributed by atoms with van der Waals surface area (Å²) >= 11 is 5.62. The van der Waals surface area contributed by atoms with Crippen LogP contribution in [0.4, 0.5) is 15.8 Å². The standard InChI is InChI=1S/C21H16FN3O4S/c1-12-8-14(3-2-13(12)10-23)24-19(28)21(6-7-29-11-21)25(20(24)30)15-4-5-16(18(26)27)17(22)9-15/h2-5,8-9H,6-7,11H2,1H3,(H,26,27). The zero-order valence-electron chi connectivity index (χ0n) is 15.9. The third kappa shape index (κ3) is 2.84. The molecule has 2 aromatic rings. The molecule has 1 unspecified atom stereocenters. The first-order chi connectivity index (χ1) is 14.3. The molecule has 1 N–H and O–H groups in total. The first kappa shape index (κ1) is 19.9.